The van der Waals surface area contributed by atoms with Crippen molar-refractivity contribution in [1.29, 1.82) is 0 Å². The van der Waals surface area contributed by atoms with E-state index in [0.29, 0.717) is 6.61 Å². The molecule has 0 atom stereocenters. The van der Waals surface area contributed by atoms with Gasteiger partial charge in [-0.3, -0.25) is 4.99 Å². The first-order valence-electron chi connectivity index (χ1n) is 8.11. The van der Waals surface area contributed by atoms with E-state index in [0.717, 1.165) is 49.9 Å². The Labute approximate surface area is 160 Å². The van der Waals surface area contributed by atoms with Gasteiger partial charge in [0.25, 0.3) is 0 Å². The maximum Gasteiger partial charge on any atom is 0.191 e. The van der Waals surface area contributed by atoms with E-state index in [-0.39, 0.29) is 24.0 Å². The van der Waals surface area contributed by atoms with Crippen LogP contribution in [0.2, 0.25) is 0 Å². The van der Waals surface area contributed by atoms with E-state index < -0.39 is 0 Å². The van der Waals surface area contributed by atoms with Gasteiger partial charge in [-0.15, -0.1) is 24.0 Å². The SMILES string of the molecule is CCNC(=NCCCOc1ccccc1)NCCc1ccco1.I. The Morgan fingerprint density at radius 2 is 1.96 bits per heavy atom. The molecule has 0 aliphatic heterocycles. The summed E-state index contributed by atoms with van der Waals surface area (Å²) in [5.41, 5.74) is 0. The van der Waals surface area contributed by atoms with Gasteiger partial charge < -0.3 is 19.8 Å². The Morgan fingerprint density at radius 1 is 1.12 bits per heavy atom. The lowest BCUT2D eigenvalue weighted by molar-refractivity contribution is 0.313. The van der Waals surface area contributed by atoms with Gasteiger partial charge in [0.15, 0.2) is 5.96 Å². The second kappa shape index (κ2) is 12.7. The smallest absolute Gasteiger partial charge is 0.191 e. The maximum atomic E-state index is 5.66. The van der Waals surface area contributed by atoms with Crippen LogP contribution < -0.4 is 15.4 Å². The third-order valence-electron chi connectivity index (χ3n) is 3.17. The number of benzene rings is 1. The Kier molecular flexibility index (Phi) is 10.8. The summed E-state index contributed by atoms with van der Waals surface area (Å²) in [5, 5.41) is 6.54. The van der Waals surface area contributed by atoms with Crippen LogP contribution in [0, 0.1) is 0 Å². The zero-order valence-electron chi connectivity index (χ0n) is 14.0. The van der Waals surface area contributed by atoms with Gasteiger partial charge >= 0.3 is 0 Å². The number of nitrogens with one attached hydrogen (secondary N) is 2. The Hall–Kier alpha value is -1.70. The molecule has 2 aromatic rings. The Balaban J connectivity index is 0.00000288. The third kappa shape index (κ3) is 8.24. The fraction of sp³-hybridized carbons (Fsp3) is 0.389. The number of hydrogen-bond acceptors (Lipinski definition) is 3. The van der Waals surface area contributed by atoms with Gasteiger partial charge in [0, 0.05) is 32.5 Å². The highest BCUT2D eigenvalue weighted by Gasteiger charge is 1.99. The molecule has 24 heavy (non-hydrogen) atoms. The number of ether oxygens (including phenoxy) is 1. The van der Waals surface area contributed by atoms with Gasteiger partial charge in [-0.2, -0.15) is 0 Å². The first-order valence-corrected chi connectivity index (χ1v) is 8.11. The van der Waals surface area contributed by atoms with Crippen molar-refractivity contribution in [2.45, 2.75) is 19.8 Å². The average Bonchev–Trinajstić information content (AvgIpc) is 3.09. The summed E-state index contributed by atoms with van der Waals surface area (Å²) in [6.45, 7) is 5.08. The molecular formula is C18H26IN3O2. The summed E-state index contributed by atoms with van der Waals surface area (Å²) in [4.78, 5) is 4.55. The molecule has 1 aromatic heterocycles. The van der Waals surface area contributed by atoms with E-state index in [1.54, 1.807) is 6.26 Å². The van der Waals surface area contributed by atoms with Crippen molar-refractivity contribution in [2.75, 3.05) is 26.2 Å². The molecule has 0 aliphatic carbocycles. The monoisotopic (exact) mass is 443 g/mol. The molecule has 1 heterocycles. The molecule has 0 fully saturated rings. The molecule has 0 saturated carbocycles. The number of para-hydroxylation sites is 1. The van der Waals surface area contributed by atoms with Crippen LogP contribution in [0.1, 0.15) is 19.1 Å². The average molecular weight is 443 g/mol. The number of halogens is 1. The highest BCUT2D eigenvalue weighted by atomic mass is 127. The molecule has 6 heteroatoms. The van der Waals surface area contributed by atoms with Crippen LogP contribution in [-0.2, 0) is 6.42 Å². The number of rotatable bonds is 9. The van der Waals surface area contributed by atoms with Gasteiger partial charge in [0.2, 0.25) is 0 Å². The van der Waals surface area contributed by atoms with Crippen LogP contribution in [0.3, 0.4) is 0 Å². The van der Waals surface area contributed by atoms with Crippen molar-refractivity contribution >= 4 is 29.9 Å². The third-order valence-corrected chi connectivity index (χ3v) is 3.17. The van der Waals surface area contributed by atoms with Gasteiger partial charge in [-0.25, -0.2) is 0 Å². The van der Waals surface area contributed by atoms with E-state index in [2.05, 4.69) is 22.5 Å². The van der Waals surface area contributed by atoms with Crippen molar-refractivity contribution < 1.29 is 9.15 Å². The van der Waals surface area contributed by atoms with Crippen LogP contribution in [0.15, 0.2) is 58.1 Å². The molecule has 0 aliphatic rings. The molecule has 2 N–H and O–H groups in total. The minimum Gasteiger partial charge on any atom is -0.494 e. The molecule has 0 spiro atoms. The van der Waals surface area contributed by atoms with Crippen LogP contribution in [-0.4, -0.2) is 32.2 Å². The van der Waals surface area contributed by atoms with Gasteiger partial charge in [0.05, 0.1) is 12.9 Å². The standard InChI is InChI=1S/C18H25N3O2.HI/c1-2-19-18(21-13-11-17-10-6-14-22-17)20-12-7-15-23-16-8-4-3-5-9-16;/h3-6,8-10,14H,2,7,11-13,15H2,1H3,(H2,19,20,21);1H. The molecular weight excluding hydrogens is 417 g/mol. The zero-order valence-corrected chi connectivity index (χ0v) is 16.4. The van der Waals surface area contributed by atoms with Crippen LogP contribution in [0.5, 0.6) is 5.75 Å². The fourth-order valence-corrected chi connectivity index (χ4v) is 2.06. The second-order valence-corrected chi connectivity index (χ2v) is 5.03. The number of nitrogens with zero attached hydrogens (tertiary/aromatic N) is 1. The van der Waals surface area contributed by atoms with Crippen molar-refractivity contribution in [3.8, 4) is 5.75 Å². The fourth-order valence-electron chi connectivity index (χ4n) is 2.06. The molecule has 0 bridgehead atoms. The number of hydrogen-bond donors (Lipinski definition) is 2. The topological polar surface area (TPSA) is 58.8 Å². The number of furan rings is 1. The lowest BCUT2D eigenvalue weighted by atomic mass is 10.3. The number of aliphatic imine (C=N–C) groups is 1. The van der Waals surface area contributed by atoms with Crippen molar-refractivity contribution in [3.63, 3.8) is 0 Å². The molecule has 0 amide bonds. The van der Waals surface area contributed by atoms with Gasteiger partial charge in [-0.1, -0.05) is 18.2 Å². The van der Waals surface area contributed by atoms with E-state index >= 15 is 0 Å². The minimum atomic E-state index is 0. The van der Waals surface area contributed by atoms with Crippen molar-refractivity contribution in [2.24, 2.45) is 4.99 Å². The normalized spacial score (nSPS) is 10.8. The summed E-state index contributed by atoms with van der Waals surface area (Å²) in [6, 6.07) is 13.7. The highest BCUT2D eigenvalue weighted by Crippen LogP contribution is 2.08. The molecule has 132 valence electrons. The lowest BCUT2D eigenvalue weighted by Crippen LogP contribution is -2.38. The molecule has 2 rings (SSSR count). The summed E-state index contributed by atoms with van der Waals surface area (Å²) in [5.74, 6) is 2.71. The second-order valence-electron chi connectivity index (χ2n) is 5.03. The van der Waals surface area contributed by atoms with Gasteiger partial charge in [-0.05, 0) is 31.2 Å². The highest BCUT2D eigenvalue weighted by molar-refractivity contribution is 14.0. The molecule has 1 aromatic carbocycles. The first kappa shape index (κ1) is 20.3. The summed E-state index contributed by atoms with van der Waals surface area (Å²) in [6.07, 6.45) is 3.42. The Bertz CT molecular complexity index is 559. The maximum absolute atomic E-state index is 5.66. The van der Waals surface area contributed by atoms with E-state index in [1.165, 1.54) is 0 Å². The molecule has 0 unspecified atom stereocenters. The summed E-state index contributed by atoms with van der Waals surface area (Å²) >= 11 is 0. The predicted molar refractivity (Wildman–Crippen MR) is 108 cm³/mol. The molecule has 5 nitrogen and oxygen atoms in total. The Morgan fingerprint density at radius 3 is 2.67 bits per heavy atom. The van der Waals surface area contributed by atoms with E-state index in [1.807, 2.05) is 42.5 Å². The zero-order chi connectivity index (χ0) is 16.2. The largest absolute Gasteiger partial charge is 0.494 e. The van der Waals surface area contributed by atoms with E-state index in [4.69, 9.17) is 9.15 Å². The van der Waals surface area contributed by atoms with Crippen molar-refractivity contribution in [3.05, 3.63) is 54.5 Å². The van der Waals surface area contributed by atoms with Crippen LogP contribution in [0.25, 0.3) is 0 Å². The number of guanidine groups is 1. The lowest BCUT2D eigenvalue weighted by Gasteiger charge is -2.10. The van der Waals surface area contributed by atoms with Gasteiger partial charge in [0.1, 0.15) is 11.5 Å². The molecule has 0 saturated heterocycles. The van der Waals surface area contributed by atoms with E-state index in [9.17, 15) is 0 Å². The van der Waals surface area contributed by atoms with Crippen LogP contribution >= 0.6 is 24.0 Å². The van der Waals surface area contributed by atoms with Crippen molar-refractivity contribution in [1.82, 2.24) is 10.6 Å². The predicted octanol–water partition coefficient (Wildman–Crippen LogP) is 3.46. The van der Waals surface area contributed by atoms with Crippen LogP contribution in [0.4, 0.5) is 0 Å². The quantitative estimate of drug-likeness (QED) is 0.270. The minimum absolute atomic E-state index is 0. The molecule has 0 radical (unpaired) electrons. The first-order chi connectivity index (χ1) is 11.4. The summed E-state index contributed by atoms with van der Waals surface area (Å²) < 4.78 is 11.0. The summed E-state index contributed by atoms with van der Waals surface area (Å²) in [7, 11) is 0.